The Kier molecular flexibility index (Phi) is 4.19. The van der Waals surface area contributed by atoms with E-state index in [1.165, 1.54) is 0 Å². The lowest BCUT2D eigenvalue weighted by Crippen LogP contribution is -2.19. The molecule has 18 heavy (non-hydrogen) atoms. The van der Waals surface area contributed by atoms with Gasteiger partial charge < -0.3 is 5.32 Å². The first kappa shape index (κ1) is 13.3. The third kappa shape index (κ3) is 3.43. The molecule has 0 spiro atoms. The smallest absolute Gasteiger partial charge is 0.246 e. The monoisotopic (exact) mass is 371 g/mol. The zero-order valence-electron chi connectivity index (χ0n) is 9.65. The predicted octanol–water partition coefficient (Wildman–Crippen LogP) is 3.36. The van der Waals surface area contributed by atoms with Gasteiger partial charge in [-0.25, -0.2) is 0 Å². The Balaban J connectivity index is 2.00. The summed E-state index contributed by atoms with van der Waals surface area (Å²) in [4.78, 5) is 11.8. The highest BCUT2D eigenvalue weighted by molar-refractivity contribution is 9.10. The van der Waals surface area contributed by atoms with Crippen molar-refractivity contribution in [2.75, 3.05) is 5.32 Å². The number of hydrogen-bond acceptors (Lipinski definition) is 2. The molecule has 0 saturated heterocycles. The Labute approximate surface area is 122 Å². The van der Waals surface area contributed by atoms with Crippen LogP contribution in [-0.2, 0) is 11.3 Å². The van der Waals surface area contributed by atoms with E-state index in [-0.39, 0.29) is 12.5 Å². The molecule has 1 aromatic heterocycles. The van der Waals surface area contributed by atoms with Crippen molar-refractivity contribution in [2.24, 2.45) is 0 Å². The van der Waals surface area contributed by atoms with Gasteiger partial charge in [-0.1, -0.05) is 15.9 Å². The quantitative estimate of drug-likeness (QED) is 0.897. The van der Waals surface area contributed by atoms with Crippen LogP contribution in [-0.4, -0.2) is 15.7 Å². The molecule has 1 aromatic carbocycles. The molecule has 4 nitrogen and oxygen atoms in total. The van der Waals surface area contributed by atoms with Gasteiger partial charge in [0, 0.05) is 16.4 Å². The van der Waals surface area contributed by atoms with Crippen molar-refractivity contribution in [3.63, 3.8) is 0 Å². The molecule has 1 amide bonds. The van der Waals surface area contributed by atoms with Crippen LogP contribution >= 0.6 is 31.9 Å². The summed E-state index contributed by atoms with van der Waals surface area (Å²) in [5, 5.41) is 6.86. The second kappa shape index (κ2) is 5.67. The van der Waals surface area contributed by atoms with Crippen molar-refractivity contribution in [3.8, 4) is 0 Å². The fourth-order valence-electron chi connectivity index (χ4n) is 1.49. The van der Waals surface area contributed by atoms with E-state index < -0.39 is 0 Å². The molecule has 0 aliphatic heterocycles. The highest BCUT2D eigenvalue weighted by atomic mass is 79.9. The minimum absolute atomic E-state index is 0.104. The Hall–Kier alpha value is -1.14. The van der Waals surface area contributed by atoms with Crippen molar-refractivity contribution >= 4 is 43.5 Å². The van der Waals surface area contributed by atoms with Crippen molar-refractivity contribution in [3.05, 3.63) is 45.1 Å². The molecule has 0 aliphatic carbocycles. The van der Waals surface area contributed by atoms with E-state index in [1.807, 2.05) is 25.1 Å². The zero-order valence-corrected chi connectivity index (χ0v) is 12.8. The number of aromatic nitrogens is 2. The van der Waals surface area contributed by atoms with Crippen LogP contribution in [0.3, 0.4) is 0 Å². The third-order valence-corrected chi connectivity index (χ3v) is 3.65. The molecule has 0 aliphatic rings. The topological polar surface area (TPSA) is 46.9 Å². The lowest BCUT2D eigenvalue weighted by molar-refractivity contribution is -0.116. The van der Waals surface area contributed by atoms with Crippen LogP contribution in [0.5, 0.6) is 0 Å². The van der Waals surface area contributed by atoms with E-state index >= 15 is 0 Å². The Morgan fingerprint density at radius 1 is 1.44 bits per heavy atom. The molecule has 0 fully saturated rings. The minimum atomic E-state index is -0.104. The van der Waals surface area contributed by atoms with Gasteiger partial charge in [-0.3, -0.25) is 9.48 Å². The molecule has 1 heterocycles. The van der Waals surface area contributed by atoms with Crippen molar-refractivity contribution < 1.29 is 4.79 Å². The normalized spacial score (nSPS) is 10.4. The van der Waals surface area contributed by atoms with E-state index in [2.05, 4.69) is 42.3 Å². The van der Waals surface area contributed by atoms with Crippen LogP contribution < -0.4 is 5.32 Å². The SMILES string of the molecule is Cc1cc(NC(=O)Cn2cc(Br)cn2)ccc1Br. The third-order valence-electron chi connectivity index (χ3n) is 2.35. The summed E-state index contributed by atoms with van der Waals surface area (Å²) in [5.41, 5.74) is 1.86. The van der Waals surface area contributed by atoms with Gasteiger partial charge in [-0.05, 0) is 46.6 Å². The first-order valence-electron chi connectivity index (χ1n) is 5.28. The van der Waals surface area contributed by atoms with Gasteiger partial charge in [0.25, 0.3) is 0 Å². The zero-order chi connectivity index (χ0) is 13.1. The minimum Gasteiger partial charge on any atom is -0.324 e. The molecule has 0 saturated carbocycles. The number of carbonyl (C=O) groups is 1. The molecule has 2 rings (SSSR count). The molecule has 94 valence electrons. The summed E-state index contributed by atoms with van der Waals surface area (Å²) in [6, 6.07) is 5.68. The summed E-state index contributed by atoms with van der Waals surface area (Å²) < 4.78 is 3.46. The average molecular weight is 373 g/mol. The number of nitrogens with zero attached hydrogens (tertiary/aromatic N) is 2. The Morgan fingerprint density at radius 3 is 2.83 bits per heavy atom. The van der Waals surface area contributed by atoms with Gasteiger partial charge in [0.2, 0.25) is 5.91 Å². The summed E-state index contributed by atoms with van der Waals surface area (Å²) in [6.07, 6.45) is 3.41. The maximum absolute atomic E-state index is 11.8. The number of benzene rings is 1. The van der Waals surface area contributed by atoms with E-state index in [0.29, 0.717) is 0 Å². The van der Waals surface area contributed by atoms with Crippen LogP contribution in [0.4, 0.5) is 5.69 Å². The van der Waals surface area contributed by atoms with Crippen LogP contribution in [0.15, 0.2) is 39.5 Å². The number of hydrogen-bond donors (Lipinski definition) is 1. The Bertz CT molecular complexity index is 580. The molecule has 0 unspecified atom stereocenters. The summed E-state index contributed by atoms with van der Waals surface area (Å²) in [7, 11) is 0. The maximum Gasteiger partial charge on any atom is 0.246 e. The predicted molar refractivity (Wildman–Crippen MR) is 77.4 cm³/mol. The number of rotatable bonds is 3. The van der Waals surface area contributed by atoms with Gasteiger partial charge in [0.1, 0.15) is 6.54 Å². The molecule has 2 aromatic rings. The van der Waals surface area contributed by atoms with Crippen LogP contribution in [0.1, 0.15) is 5.56 Å². The number of aryl methyl sites for hydroxylation is 1. The molecule has 0 bridgehead atoms. The lowest BCUT2D eigenvalue weighted by Gasteiger charge is -2.07. The molecule has 0 atom stereocenters. The first-order valence-corrected chi connectivity index (χ1v) is 6.87. The molecular weight excluding hydrogens is 362 g/mol. The maximum atomic E-state index is 11.8. The molecule has 1 N–H and O–H groups in total. The van der Waals surface area contributed by atoms with Crippen molar-refractivity contribution in [1.82, 2.24) is 9.78 Å². The van der Waals surface area contributed by atoms with Gasteiger partial charge in [-0.2, -0.15) is 5.10 Å². The fraction of sp³-hybridized carbons (Fsp3) is 0.167. The van der Waals surface area contributed by atoms with Gasteiger partial charge in [0.15, 0.2) is 0 Å². The number of nitrogens with one attached hydrogen (secondary N) is 1. The second-order valence-electron chi connectivity index (χ2n) is 3.87. The fourth-order valence-corrected chi connectivity index (χ4v) is 2.07. The first-order chi connectivity index (χ1) is 8.54. The van der Waals surface area contributed by atoms with Crippen molar-refractivity contribution in [2.45, 2.75) is 13.5 Å². The highest BCUT2D eigenvalue weighted by Gasteiger charge is 2.05. The number of amides is 1. The summed E-state index contributed by atoms with van der Waals surface area (Å²) in [6.45, 7) is 2.17. The lowest BCUT2D eigenvalue weighted by atomic mass is 10.2. The van der Waals surface area contributed by atoms with E-state index in [1.54, 1.807) is 17.1 Å². The number of carbonyl (C=O) groups excluding carboxylic acids is 1. The molecule has 6 heteroatoms. The van der Waals surface area contributed by atoms with Gasteiger partial charge >= 0.3 is 0 Å². The van der Waals surface area contributed by atoms with E-state index in [4.69, 9.17) is 0 Å². The highest BCUT2D eigenvalue weighted by Crippen LogP contribution is 2.20. The van der Waals surface area contributed by atoms with Crippen LogP contribution in [0.2, 0.25) is 0 Å². The van der Waals surface area contributed by atoms with E-state index in [9.17, 15) is 4.79 Å². The summed E-state index contributed by atoms with van der Waals surface area (Å²) >= 11 is 6.71. The largest absolute Gasteiger partial charge is 0.324 e. The van der Waals surface area contributed by atoms with Crippen LogP contribution in [0, 0.1) is 6.92 Å². The van der Waals surface area contributed by atoms with Crippen molar-refractivity contribution in [1.29, 1.82) is 0 Å². The standard InChI is InChI=1S/C12H11Br2N3O/c1-8-4-10(2-3-11(8)14)16-12(18)7-17-6-9(13)5-15-17/h2-6H,7H2,1H3,(H,16,18). The second-order valence-corrected chi connectivity index (χ2v) is 5.64. The van der Waals surface area contributed by atoms with Crippen LogP contribution in [0.25, 0.3) is 0 Å². The summed E-state index contributed by atoms with van der Waals surface area (Å²) in [5.74, 6) is -0.104. The number of anilines is 1. The van der Waals surface area contributed by atoms with Gasteiger partial charge in [0.05, 0.1) is 10.7 Å². The van der Waals surface area contributed by atoms with Gasteiger partial charge in [-0.15, -0.1) is 0 Å². The Morgan fingerprint density at radius 2 is 2.22 bits per heavy atom. The van der Waals surface area contributed by atoms with E-state index in [0.717, 1.165) is 20.2 Å². The average Bonchev–Trinajstić information content (AvgIpc) is 2.69. The molecule has 0 radical (unpaired) electrons. The molecular formula is C12H11Br2N3O. The number of halogens is 2.